The molecular weight excluding hydrogens is 381 g/mol. The van der Waals surface area contributed by atoms with Gasteiger partial charge in [-0.2, -0.15) is 0 Å². The number of hydrogen-bond acceptors (Lipinski definition) is 6. The van der Waals surface area contributed by atoms with Crippen LogP contribution >= 0.6 is 0 Å². The fraction of sp³-hybridized carbons (Fsp3) is 0.500. The third-order valence-corrected chi connectivity index (χ3v) is 6.53. The Kier molecular flexibility index (Phi) is 3.91. The molecule has 8 nitrogen and oxygen atoms in total. The van der Waals surface area contributed by atoms with Crippen molar-refractivity contribution in [2.75, 3.05) is 37.7 Å². The fourth-order valence-electron chi connectivity index (χ4n) is 4.99. The number of nitrogens with zero attached hydrogens (tertiary/aromatic N) is 2. The molecule has 9 heteroatoms. The van der Waals surface area contributed by atoms with Crippen molar-refractivity contribution in [2.45, 2.75) is 25.0 Å². The van der Waals surface area contributed by atoms with E-state index in [0.29, 0.717) is 31.8 Å². The van der Waals surface area contributed by atoms with Crippen LogP contribution in [-0.2, 0) is 4.74 Å². The van der Waals surface area contributed by atoms with Crippen molar-refractivity contribution in [2.24, 2.45) is 11.7 Å². The molecular formula is C20H22FN3O5. The normalized spacial score (nSPS) is 27.9. The highest BCUT2D eigenvalue weighted by Gasteiger charge is 2.51. The lowest BCUT2D eigenvalue weighted by Gasteiger charge is -2.32. The van der Waals surface area contributed by atoms with Crippen molar-refractivity contribution in [1.82, 2.24) is 4.57 Å². The molecule has 3 aliphatic heterocycles. The molecule has 154 valence electrons. The number of fused-ring (bicyclic) bond motifs is 1. The van der Waals surface area contributed by atoms with Crippen molar-refractivity contribution < 1.29 is 23.8 Å². The molecule has 1 aromatic carbocycles. The molecule has 0 amide bonds. The van der Waals surface area contributed by atoms with Gasteiger partial charge >= 0.3 is 5.97 Å². The van der Waals surface area contributed by atoms with Gasteiger partial charge in [0.05, 0.1) is 16.9 Å². The lowest BCUT2D eigenvalue weighted by Crippen LogP contribution is -2.44. The van der Waals surface area contributed by atoms with Gasteiger partial charge in [0.1, 0.15) is 23.5 Å². The van der Waals surface area contributed by atoms with Crippen LogP contribution in [0.4, 0.5) is 10.1 Å². The zero-order valence-electron chi connectivity index (χ0n) is 16.0. The summed E-state index contributed by atoms with van der Waals surface area (Å²) in [5.74, 6) is -1.46. The van der Waals surface area contributed by atoms with Gasteiger partial charge in [-0.3, -0.25) is 4.79 Å². The second kappa shape index (κ2) is 6.17. The topological polar surface area (TPSA) is 107 Å². The summed E-state index contributed by atoms with van der Waals surface area (Å²) in [6.45, 7) is 4.13. The molecule has 29 heavy (non-hydrogen) atoms. The number of carboxylic acid groups (broad SMARTS) is 1. The SMILES string of the molecule is C[C@H]1COc2c(N3CC4CCOC4(CN)C3)c(F)cc3c(=O)c(C(=O)O)cn1c23. The molecule has 3 aliphatic rings. The summed E-state index contributed by atoms with van der Waals surface area (Å²) < 4.78 is 28.8. The van der Waals surface area contributed by atoms with Crippen LogP contribution < -0.4 is 20.8 Å². The molecule has 4 heterocycles. The highest BCUT2D eigenvalue weighted by Crippen LogP contribution is 2.47. The van der Waals surface area contributed by atoms with E-state index >= 15 is 4.39 Å². The predicted octanol–water partition coefficient (Wildman–Crippen LogP) is 1.35. The molecule has 2 saturated heterocycles. The number of nitrogens with two attached hydrogens (primary N) is 1. The van der Waals surface area contributed by atoms with E-state index in [9.17, 15) is 14.7 Å². The van der Waals surface area contributed by atoms with E-state index < -0.39 is 22.8 Å². The average molecular weight is 403 g/mol. The van der Waals surface area contributed by atoms with Crippen LogP contribution in [0.25, 0.3) is 10.9 Å². The predicted molar refractivity (Wildman–Crippen MR) is 103 cm³/mol. The molecule has 3 atom stereocenters. The molecule has 2 aromatic rings. The number of carbonyl (C=O) groups is 1. The first kappa shape index (κ1) is 18.4. The number of anilines is 1. The van der Waals surface area contributed by atoms with Crippen molar-refractivity contribution >= 4 is 22.6 Å². The van der Waals surface area contributed by atoms with Gasteiger partial charge in [-0.1, -0.05) is 0 Å². The monoisotopic (exact) mass is 403 g/mol. The summed E-state index contributed by atoms with van der Waals surface area (Å²) >= 11 is 0. The molecule has 3 N–H and O–H groups in total. The molecule has 0 radical (unpaired) electrons. The second-order valence-electron chi connectivity index (χ2n) is 8.16. The number of benzene rings is 1. The van der Waals surface area contributed by atoms with Crippen LogP contribution in [0.5, 0.6) is 5.75 Å². The van der Waals surface area contributed by atoms with E-state index in [4.69, 9.17) is 15.2 Å². The Bertz CT molecular complexity index is 1100. The van der Waals surface area contributed by atoms with E-state index in [0.717, 1.165) is 12.5 Å². The lowest BCUT2D eigenvalue weighted by molar-refractivity contribution is 0.0126. The molecule has 0 spiro atoms. The summed E-state index contributed by atoms with van der Waals surface area (Å²) in [5, 5.41) is 9.40. The minimum atomic E-state index is -1.33. The van der Waals surface area contributed by atoms with Crippen LogP contribution in [-0.4, -0.2) is 54.1 Å². The van der Waals surface area contributed by atoms with Crippen LogP contribution in [0.2, 0.25) is 0 Å². The molecule has 1 aromatic heterocycles. The summed E-state index contributed by atoms with van der Waals surface area (Å²) in [6.07, 6.45) is 2.19. The number of aromatic nitrogens is 1. The number of pyridine rings is 1. The van der Waals surface area contributed by atoms with Gasteiger partial charge in [0.15, 0.2) is 11.6 Å². The largest absolute Gasteiger partial charge is 0.487 e. The van der Waals surface area contributed by atoms with Gasteiger partial charge in [-0.25, -0.2) is 9.18 Å². The third-order valence-electron chi connectivity index (χ3n) is 6.53. The number of ether oxygens (including phenoxy) is 2. The van der Waals surface area contributed by atoms with Gasteiger partial charge in [-0.05, 0) is 19.4 Å². The molecule has 0 bridgehead atoms. The lowest BCUT2D eigenvalue weighted by atomic mass is 9.91. The van der Waals surface area contributed by atoms with E-state index in [2.05, 4.69) is 0 Å². The third kappa shape index (κ3) is 2.43. The van der Waals surface area contributed by atoms with Gasteiger partial charge in [0, 0.05) is 38.4 Å². The van der Waals surface area contributed by atoms with Crippen LogP contribution in [0.1, 0.15) is 29.7 Å². The van der Waals surface area contributed by atoms with Gasteiger partial charge in [0.25, 0.3) is 0 Å². The first-order valence-electron chi connectivity index (χ1n) is 9.72. The maximum atomic E-state index is 15.3. The van der Waals surface area contributed by atoms with Crippen LogP contribution in [0.3, 0.4) is 0 Å². The number of halogens is 1. The Balaban J connectivity index is 1.74. The summed E-state index contributed by atoms with van der Waals surface area (Å²) in [4.78, 5) is 26.1. The zero-order valence-corrected chi connectivity index (χ0v) is 16.0. The highest BCUT2D eigenvalue weighted by molar-refractivity contribution is 5.97. The second-order valence-corrected chi connectivity index (χ2v) is 8.16. The van der Waals surface area contributed by atoms with Crippen molar-refractivity contribution in [3.05, 3.63) is 33.9 Å². The first-order chi connectivity index (χ1) is 13.9. The smallest absolute Gasteiger partial charge is 0.341 e. The summed E-state index contributed by atoms with van der Waals surface area (Å²) in [7, 11) is 0. The average Bonchev–Trinajstić information content (AvgIpc) is 3.23. The molecule has 0 saturated carbocycles. The van der Waals surface area contributed by atoms with Gasteiger partial charge < -0.3 is 29.8 Å². The van der Waals surface area contributed by atoms with Gasteiger partial charge in [-0.15, -0.1) is 0 Å². The van der Waals surface area contributed by atoms with Gasteiger partial charge in [0.2, 0.25) is 5.43 Å². The number of hydrogen-bond donors (Lipinski definition) is 2. The quantitative estimate of drug-likeness (QED) is 0.797. The Labute approximate surface area is 165 Å². The molecule has 5 rings (SSSR count). The molecule has 2 unspecified atom stereocenters. The van der Waals surface area contributed by atoms with Crippen LogP contribution in [0, 0.1) is 11.7 Å². The maximum absolute atomic E-state index is 15.3. The standard InChI is InChI=1S/C20H22FN3O5/c1-10-7-28-18-15-12(17(25)13(19(26)27)6-24(10)15)4-14(21)16(18)23-5-11-2-3-29-20(11,8-22)9-23/h4,6,10-11H,2-3,5,7-9,22H2,1H3,(H,26,27)/t10-,11?,20?/m0/s1. The summed E-state index contributed by atoms with van der Waals surface area (Å²) in [6, 6.07) is 0.934. The zero-order chi connectivity index (χ0) is 20.5. The van der Waals surface area contributed by atoms with Crippen molar-refractivity contribution in [3.63, 3.8) is 0 Å². The number of aromatic carboxylic acids is 1. The molecule has 2 fully saturated rings. The van der Waals surface area contributed by atoms with E-state index in [1.165, 1.54) is 6.20 Å². The first-order valence-corrected chi connectivity index (χ1v) is 9.72. The Hall–Kier alpha value is -2.65. The van der Waals surface area contributed by atoms with Crippen molar-refractivity contribution in [1.29, 1.82) is 0 Å². The Morgan fingerprint density at radius 1 is 1.48 bits per heavy atom. The number of rotatable bonds is 3. The highest BCUT2D eigenvalue weighted by atomic mass is 19.1. The van der Waals surface area contributed by atoms with Crippen molar-refractivity contribution in [3.8, 4) is 5.75 Å². The Morgan fingerprint density at radius 2 is 2.28 bits per heavy atom. The fourth-order valence-corrected chi connectivity index (χ4v) is 4.99. The van der Waals surface area contributed by atoms with Crippen LogP contribution in [0.15, 0.2) is 17.1 Å². The van der Waals surface area contributed by atoms with E-state index in [-0.39, 0.29) is 41.0 Å². The van der Waals surface area contributed by atoms with E-state index in [1.807, 2.05) is 11.8 Å². The minimum absolute atomic E-state index is 0.0110. The Morgan fingerprint density at radius 3 is 2.97 bits per heavy atom. The molecule has 0 aliphatic carbocycles. The maximum Gasteiger partial charge on any atom is 0.341 e. The summed E-state index contributed by atoms with van der Waals surface area (Å²) in [5.41, 5.74) is 5.11. The van der Waals surface area contributed by atoms with E-state index in [1.54, 1.807) is 4.57 Å². The number of carboxylic acids is 1. The minimum Gasteiger partial charge on any atom is -0.487 e.